The summed E-state index contributed by atoms with van der Waals surface area (Å²) in [5.74, 6) is 0.996. The Labute approximate surface area is 209 Å². The number of nitrogens with two attached hydrogens (primary N) is 1. The number of anilines is 2. The number of nitrogen functional groups attached to an aromatic ring is 1. The van der Waals surface area contributed by atoms with Gasteiger partial charge in [-0.25, -0.2) is 5.10 Å². The number of piperidine rings is 1. The Hall–Kier alpha value is -3.42. The number of halogens is 1. The van der Waals surface area contributed by atoms with Gasteiger partial charge in [-0.15, -0.1) is 5.10 Å². The number of aromatic nitrogens is 3. The van der Waals surface area contributed by atoms with Crippen LogP contribution in [0.15, 0.2) is 60.7 Å². The average Bonchev–Trinajstić information content (AvgIpc) is 3.33. The summed E-state index contributed by atoms with van der Waals surface area (Å²) < 4.78 is 0. The van der Waals surface area contributed by atoms with Gasteiger partial charge in [0.05, 0.1) is 0 Å². The van der Waals surface area contributed by atoms with E-state index in [1.165, 1.54) is 5.56 Å². The van der Waals surface area contributed by atoms with Crippen molar-refractivity contribution >= 4 is 40.6 Å². The van der Waals surface area contributed by atoms with Crippen LogP contribution in [0.5, 0.6) is 0 Å². The van der Waals surface area contributed by atoms with Crippen molar-refractivity contribution in [2.75, 3.05) is 30.3 Å². The number of fused-ring (bicyclic) bond motifs is 1. The molecule has 7 nitrogen and oxygen atoms in total. The standard InChI is InChI=1S/C27H29ClN6O/c28-22-9-5-19(6-10-22)11-14-34(23-12-15-33(16-13-23)27-30-26(29)31-32-27)17-21-8-7-20-3-1-2-4-24(20)25(21)18-35/h1-10,18,23H,11-17H2,(H3,29,30,31,32). The fourth-order valence-corrected chi connectivity index (χ4v) is 5.13. The third kappa shape index (κ3) is 5.31. The average molecular weight is 489 g/mol. The smallest absolute Gasteiger partial charge is 0.241 e. The topological polar surface area (TPSA) is 91.1 Å². The summed E-state index contributed by atoms with van der Waals surface area (Å²) in [6.07, 6.45) is 3.91. The molecule has 1 aliphatic rings. The molecule has 4 aromatic rings. The fourth-order valence-electron chi connectivity index (χ4n) is 5.00. The molecule has 0 spiro atoms. The molecule has 3 N–H and O–H groups in total. The molecule has 0 amide bonds. The lowest BCUT2D eigenvalue weighted by Crippen LogP contribution is -2.45. The molecule has 180 valence electrons. The van der Waals surface area contributed by atoms with Crippen molar-refractivity contribution in [1.82, 2.24) is 20.1 Å². The maximum Gasteiger partial charge on any atom is 0.241 e. The molecule has 0 aliphatic carbocycles. The molecule has 0 saturated carbocycles. The van der Waals surface area contributed by atoms with Crippen molar-refractivity contribution in [3.8, 4) is 0 Å². The Morgan fingerprint density at radius 3 is 2.57 bits per heavy atom. The van der Waals surface area contributed by atoms with Gasteiger partial charge in [-0.05, 0) is 53.3 Å². The molecule has 8 heteroatoms. The molecule has 1 aromatic heterocycles. The van der Waals surface area contributed by atoms with Crippen molar-refractivity contribution < 1.29 is 4.79 Å². The number of aromatic amines is 1. The molecule has 1 aliphatic heterocycles. The largest absolute Gasteiger partial charge is 0.366 e. The number of rotatable bonds is 8. The number of aldehydes is 1. The van der Waals surface area contributed by atoms with E-state index in [0.717, 1.165) is 84.6 Å². The van der Waals surface area contributed by atoms with Gasteiger partial charge in [0, 0.05) is 42.8 Å². The van der Waals surface area contributed by atoms with E-state index in [9.17, 15) is 4.79 Å². The van der Waals surface area contributed by atoms with Crippen LogP contribution in [0.3, 0.4) is 0 Å². The SMILES string of the molecule is Nc1n[nH]c(N2CCC(N(CCc3ccc(Cl)cc3)Cc3ccc4ccccc4c3C=O)CC2)n1. The Morgan fingerprint density at radius 1 is 1.09 bits per heavy atom. The number of hydrogen-bond donors (Lipinski definition) is 2. The Morgan fingerprint density at radius 2 is 1.86 bits per heavy atom. The summed E-state index contributed by atoms with van der Waals surface area (Å²) in [7, 11) is 0. The zero-order valence-corrected chi connectivity index (χ0v) is 20.3. The highest BCUT2D eigenvalue weighted by atomic mass is 35.5. The molecule has 0 atom stereocenters. The molecule has 1 fully saturated rings. The van der Waals surface area contributed by atoms with Gasteiger partial charge in [0.25, 0.3) is 0 Å². The van der Waals surface area contributed by atoms with Crippen LogP contribution in [0.2, 0.25) is 5.02 Å². The minimum absolute atomic E-state index is 0.268. The molecule has 5 rings (SSSR count). The number of nitrogens with one attached hydrogen (secondary N) is 1. The van der Waals surface area contributed by atoms with E-state index < -0.39 is 0 Å². The highest BCUT2D eigenvalue weighted by Gasteiger charge is 2.27. The van der Waals surface area contributed by atoms with Crippen molar-refractivity contribution in [2.45, 2.75) is 31.8 Å². The molecular formula is C27H29ClN6O. The Balaban J connectivity index is 1.36. The van der Waals surface area contributed by atoms with Crippen molar-refractivity contribution in [1.29, 1.82) is 0 Å². The van der Waals surface area contributed by atoms with Crippen molar-refractivity contribution in [2.24, 2.45) is 0 Å². The van der Waals surface area contributed by atoms with E-state index in [0.29, 0.717) is 6.04 Å². The summed E-state index contributed by atoms with van der Waals surface area (Å²) >= 11 is 6.08. The van der Waals surface area contributed by atoms with E-state index in [1.54, 1.807) is 0 Å². The van der Waals surface area contributed by atoms with Crippen molar-refractivity contribution in [3.05, 3.63) is 82.4 Å². The Bertz CT molecular complexity index is 1300. The lowest BCUT2D eigenvalue weighted by Gasteiger charge is -2.38. The number of hydrogen-bond acceptors (Lipinski definition) is 6. The summed E-state index contributed by atoms with van der Waals surface area (Å²) in [6.45, 7) is 3.36. The number of benzene rings is 3. The first-order valence-electron chi connectivity index (χ1n) is 12.0. The normalized spacial score (nSPS) is 14.6. The van der Waals surface area contributed by atoms with Gasteiger partial charge in [-0.2, -0.15) is 4.98 Å². The quantitative estimate of drug-likeness (QED) is 0.349. The maximum absolute atomic E-state index is 12.1. The lowest BCUT2D eigenvalue weighted by molar-refractivity contribution is 0.112. The zero-order chi connectivity index (χ0) is 24.2. The predicted octanol–water partition coefficient (Wildman–Crippen LogP) is 4.72. The third-order valence-corrected chi connectivity index (χ3v) is 7.18. The zero-order valence-electron chi connectivity index (χ0n) is 19.5. The van der Waals surface area contributed by atoms with Crippen LogP contribution in [0.4, 0.5) is 11.9 Å². The van der Waals surface area contributed by atoms with E-state index in [2.05, 4.69) is 55.3 Å². The van der Waals surface area contributed by atoms with Gasteiger partial charge in [-0.3, -0.25) is 9.69 Å². The van der Waals surface area contributed by atoms with Gasteiger partial charge in [-0.1, -0.05) is 60.1 Å². The molecular weight excluding hydrogens is 460 g/mol. The summed E-state index contributed by atoms with van der Waals surface area (Å²) in [5.41, 5.74) is 8.80. The van der Waals surface area contributed by atoms with Gasteiger partial charge < -0.3 is 10.6 Å². The minimum atomic E-state index is 0.268. The first-order valence-corrected chi connectivity index (χ1v) is 12.4. The second-order valence-corrected chi connectivity index (χ2v) is 9.50. The fraction of sp³-hybridized carbons (Fsp3) is 0.296. The lowest BCUT2D eigenvalue weighted by atomic mass is 9.97. The summed E-state index contributed by atoms with van der Waals surface area (Å²) in [5, 5.41) is 9.73. The number of carbonyl (C=O) groups excluding carboxylic acids is 1. The van der Waals surface area contributed by atoms with Gasteiger partial charge in [0.2, 0.25) is 11.9 Å². The maximum atomic E-state index is 12.1. The molecule has 1 saturated heterocycles. The number of H-pyrrole nitrogens is 1. The van der Waals surface area contributed by atoms with Crippen LogP contribution in [-0.4, -0.2) is 52.0 Å². The molecule has 2 heterocycles. The molecule has 0 bridgehead atoms. The first kappa shape index (κ1) is 23.3. The number of nitrogens with zero attached hydrogens (tertiary/aromatic N) is 4. The summed E-state index contributed by atoms with van der Waals surface area (Å²) in [4.78, 5) is 21.2. The molecule has 3 aromatic carbocycles. The minimum Gasteiger partial charge on any atom is -0.366 e. The second kappa shape index (κ2) is 10.5. The van der Waals surface area contributed by atoms with Crippen LogP contribution in [0.1, 0.15) is 34.3 Å². The Kier molecular flexibility index (Phi) is 6.97. The van der Waals surface area contributed by atoms with Gasteiger partial charge in [0.1, 0.15) is 0 Å². The molecule has 0 radical (unpaired) electrons. The molecule has 35 heavy (non-hydrogen) atoms. The highest BCUT2D eigenvalue weighted by Crippen LogP contribution is 2.26. The predicted molar refractivity (Wildman–Crippen MR) is 141 cm³/mol. The monoisotopic (exact) mass is 488 g/mol. The van der Waals surface area contributed by atoms with Crippen LogP contribution in [0, 0.1) is 0 Å². The van der Waals surface area contributed by atoms with E-state index >= 15 is 0 Å². The van der Waals surface area contributed by atoms with Crippen LogP contribution >= 0.6 is 11.6 Å². The molecule has 0 unspecified atom stereocenters. The van der Waals surface area contributed by atoms with Crippen LogP contribution in [0.25, 0.3) is 10.8 Å². The van der Waals surface area contributed by atoms with Crippen molar-refractivity contribution in [3.63, 3.8) is 0 Å². The second-order valence-electron chi connectivity index (χ2n) is 9.06. The van der Waals surface area contributed by atoms with Crippen LogP contribution in [-0.2, 0) is 13.0 Å². The van der Waals surface area contributed by atoms with Gasteiger partial charge in [0.15, 0.2) is 6.29 Å². The summed E-state index contributed by atoms with van der Waals surface area (Å²) in [6, 6.07) is 20.7. The number of carbonyl (C=O) groups is 1. The van der Waals surface area contributed by atoms with E-state index in [4.69, 9.17) is 17.3 Å². The third-order valence-electron chi connectivity index (χ3n) is 6.92. The van der Waals surface area contributed by atoms with Crippen LogP contribution < -0.4 is 10.6 Å². The van der Waals surface area contributed by atoms with Gasteiger partial charge >= 0.3 is 0 Å². The highest BCUT2D eigenvalue weighted by molar-refractivity contribution is 6.30. The van der Waals surface area contributed by atoms with E-state index in [1.807, 2.05) is 30.3 Å². The first-order chi connectivity index (χ1) is 17.1. The van der Waals surface area contributed by atoms with E-state index in [-0.39, 0.29) is 5.95 Å².